The maximum atomic E-state index is 10.8. The Labute approximate surface area is 80.8 Å². The lowest BCUT2D eigenvalue weighted by Crippen LogP contribution is -2.15. The number of carbonyl (C=O) groups is 2. The molecule has 0 aliphatic carbocycles. The Bertz CT molecular complexity index is 331. The Morgan fingerprint density at radius 3 is 2.29 bits per heavy atom. The van der Waals surface area contributed by atoms with Crippen molar-refractivity contribution >= 4 is 11.8 Å². The molecule has 2 N–H and O–H groups in total. The van der Waals surface area contributed by atoms with Crippen LogP contribution in [0, 0.1) is 0 Å². The lowest BCUT2D eigenvalue weighted by Gasteiger charge is -2.07. The lowest BCUT2D eigenvalue weighted by molar-refractivity contribution is -0.150. The molecular weight excluding hydrogens is 184 g/mol. The van der Waals surface area contributed by atoms with E-state index in [1.165, 1.54) is 0 Å². The number of hydrogen-bond donors (Lipinski definition) is 2. The van der Waals surface area contributed by atoms with Crippen molar-refractivity contribution in [3.8, 4) is 0 Å². The fourth-order valence-electron chi connectivity index (χ4n) is 1.06. The number of rotatable bonds is 4. The molecule has 0 radical (unpaired) electrons. The molecule has 1 atom stereocenters. The lowest BCUT2D eigenvalue weighted by atomic mass is 10.0. The molecule has 14 heavy (non-hydrogen) atoms. The second-order valence-corrected chi connectivity index (χ2v) is 2.86. The first kappa shape index (κ1) is 10.4. The minimum Gasteiger partial charge on any atom is -0.475 e. The summed E-state index contributed by atoms with van der Waals surface area (Å²) in [5.41, 5.74) is 0.544. The first-order valence-electron chi connectivity index (χ1n) is 4.10. The number of benzene rings is 1. The van der Waals surface area contributed by atoms with Crippen LogP contribution >= 0.6 is 0 Å². The van der Waals surface area contributed by atoms with Gasteiger partial charge >= 0.3 is 5.97 Å². The quantitative estimate of drug-likeness (QED) is 0.694. The summed E-state index contributed by atoms with van der Waals surface area (Å²) < 4.78 is 0. The highest BCUT2D eigenvalue weighted by atomic mass is 16.4. The van der Waals surface area contributed by atoms with E-state index in [1.807, 2.05) is 0 Å². The van der Waals surface area contributed by atoms with Crippen LogP contribution in [0.5, 0.6) is 0 Å². The van der Waals surface area contributed by atoms with Crippen LogP contribution in [0.4, 0.5) is 0 Å². The third-order valence-electron chi connectivity index (χ3n) is 1.80. The number of aliphatic hydroxyl groups is 1. The van der Waals surface area contributed by atoms with E-state index in [-0.39, 0.29) is 6.42 Å². The summed E-state index contributed by atoms with van der Waals surface area (Å²) in [6, 6.07) is 8.47. The molecule has 0 saturated carbocycles. The molecule has 1 aromatic carbocycles. The van der Waals surface area contributed by atoms with Gasteiger partial charge in [-0.3, -0.25) is 4.79 Å². The molecule has 0 aliphatic rings. The molecule has 0 spiro atoms. The highest BCUT2D eigenvalue weighted by Crippen LogP contribution is 2.15. The predicted molar refractivity (Wildman–Crippen MR) is 48.7 cm³/mol. The Morgan fingerprint density at radius 1 is 1.21 bits per heavy atom. The number of carboxylic acids is 1. The summed E-state index contributed by atoms with van der Waals surface area (Å²) in [5, 5.41) is 17.8. The van der Waals surface area contributed by atoms with Crippen molar-refractivity contribution in [2.45, 2.75) is 12.5 Å². The molecule has 4 nitrogen and oxygen atoms in total. The average Bonchev–Trinajstić information content (AvgIpc) is 2.19. The second kappa shape index (κ2) is 4.53. The average molecular weight is 194 g/mol. The summed E-state index contributed by atoms with van der Waals surface area (Å²) in [4.78, 5) is 21.0. The van der Waals surface area contributed by atoms with Gasteiger partial charge in [-0.1, -0.05) is 30.3 Å². The second-order valence-electron chi connectivity index (χ2n) is 2.86. The van der Waals surface area contributed by atoms with Crippen molar-refractivity contribution in [1.29, 1.82) is 0 Å². The van der Waals surface area contributed by atoms with Gasteiger partial charge in [-0.25, -0.2) is 4.79 Å². The third kappa shape index (κ3) is 2.67. The molecule has 0 bridgehead atoms. The zero-order valence-electron chi connectivity index (χ0n) is 7.38. The van der Waals surface area contributed by atoms with Crippen LogP contribution in [-0.2, 0) is 9.59 Å². The van der Waals surface area contributed by atoms with Gasteiger partial charge in [0.15, 0.2) is 0 Å². The van der Waals surface area contributed by atoms with Crippen LogP contribution in [0.3, 0.4) is 0 Å². The topological polar surface area (TPSA) is 74.6 Å². The summed E-state index contributed by atoms with van der Waals surface area (Å²) in [7, 11) is 0. The minimum absolute atomic E-state index is 0.390. The van der Waals surface area contributed by atoms with Crippen LogP contribution in [0.25, 0.3) is 0 Å². The zero-order valence-corrected chi connectivity index (χ0v) is 7.38. The van der Waals surface area contributed by atoms with Gasteiger partial charge in [0.1, 0.15) is 0 Å². The standard InChI is InChI=1S/C10H10O4/c11-8(6-9(12)10(13)14)7-4-2-1-3-5-7/h1-5,8,11H,6H2,(H,13,14). The molecule has 74 valence electrons. The predicted octanol–water partition coefficient (Wildman–Crippen LogP) is 0.764. The normalized spacial score (nSPS) is 12.1. The van der Waals surface area contributed by atoms with E-state index in [0.717, 1.165) is 0 Å². The molecule has 0 amide bonds. The van der Waals surface area contributed by atoms with E-state index in [1.54, 1.807) is 30.3 Å². The minimum atomic E-state index is -1.51. The molecule has 0 heterocycles. The maximum Gasteiger partial charge on any atom is 0.372 e. The van der Waals surface area contributed by atoms with E-state index < -0.39 is 17.9 Å². The van der Waals surface area contributed by atoms with Crippen molar-refractivity contribution in [2.24, 2.45) is 0 Å². The van der Waals surface area contributed by atoms with E-state index in [0.29, 0.717) is 5.56 Å². The van der Waals surface area contributed by atoms with Crippen LogP contribution in [-0.4, -0.2) is 22.0 Å². The Kier molecular flexibility index (Phi) is 3.36. The molecule has 4 heteroatoms. The number of aliphatic carboxylic acids is 1. The first-order valence-corrected chi connectivity index (χ1v) is 4.10. The smallest absolute Gasteiger partial charge is 0.372 e. The van der Waals surface area contributed by atoms with Gasteiger partial charge in [0, 0.05) is 6.42 Å². The molecule has 0 saturated heterocycles. The van der Waals surface area contributed by atoms with E-state index in [2.05, 4.69) is 0 Å². The molecule has 1 unspecified atom stereocenters. The zero-order chi connectivity index (χ0) is 10.6. The van der Waals surface area contributed by atoms with E-state index >= 15 is 0 Å². The molecule has 0 aliphatic heterocycles. The van der Waals surface area contributed by atoms with Crippen LogP contribution in [0.15, 0.2) is 30.3 Å². The van der Waals surface area contributed by atoms with Gasteiger partial charge < -0.3 is 10.2 Å². The van der Waals surface area contributed by atoms with Crippen molar-refractivity contribution in [1.82, 2.24) is 0 Å². The van der Waals surface area contributed by atoms with Crippen LogP contribution < -0.4 is 0 Å². The molecule has 1 aromatic rings. The molecule has 1 rings (SSSR count). The number of carboxylic acid groups (broad SMARTS) is 1. The number of carbonyl (C=O) groups excluding carboxylic acids is 1. The van der Waals surface area contributed by atoms with Crippen LogP contribution in [0.2, 0.25) is 0 Å². The summed E-state index contributed by atoms with van der Waals surface area (Å²) in [5.74, 6) is -2.50. The van der Waals surface area contributed by atoms with Gasteiger partial charge in [0.2, 0.25) is 5.78 Å². The molecule has 0 fully saturated rings. The van der Waals surface area contributed by atoms with Crippen LogP contribution in [0.1, 0.15) is 18.1 Å². The SMILES string of the molecule is O=C(O)C(=O)CC(O)c1ccccc1. The summed E-state index contributed by atoms with van der Waals surface area (Å²) >= 11 is 0. The summed E-state index contributed by atoms with van der Waals surface area (Å²) in [6.07, 6.45) is -1.43. The van der Waals surface area contributed by atoms with Gasteiger partial charge in [0.25, 0.3) is 0 Å². The Hall–Kier alpha value is -1.68. The Morgan fingerprint density at radius 2 is 1.79 bits per heavy atom. The highest BCUT2D eigenvalue weighted by Gasteiger charge is 2.17. The van der Waals surface area contributed by atoms with Gasteiger partial charge in [-0.05, 0) is 5.56 Å². The number of hydrogen-bond acceptors (Lipinski definition) is 3. The first-order chi connectivity index (χ1) is 6.61. The number of Topliss-reactive ketones (excluding diaryl/α,β-unsaturated/α-hetero) is 1. The van der Waals surface area contributed by atoms with Gasteiger partial charge in [-0.15, -0.1) is 0 Å². The van der Waals surface area contributed by atoms with Gasteiger partial charge in [-0.2, -0.15) is 0 Å². The maximum absolute atomic E-state index is 10.8. The molecule has 0 aromatic heterocycles. The highest BCUT2D eigenvalue weighted by molar-refractivity contribution is 6.32. The van der Waals surface area contributed by atoms with Crippen molar-refractivity contribution in [3.05, 3.63) is 35.9 Å². The van der Waals surface area contributed by atoms with Crippen molar-refractivity contribution in [3.63, 3.8) is 0 Å². The fourth-order valence-corrected chi connectivity index (χ4v) is 1.06. The Balaban J connectivity index is 2.64. The largest absolute Gasteiger partial charge is 0.475 e. The van der Waals surface area contributed by atoms with Crippen molar-refractivity contribution < 1.29 is 19.8 Å². The molecular formula is C10H10O4. The van der Waals surface area contributed by atoms with Crippen molar-refractivity contribution in [2.75, 3.05) is 0 Å². The third-order valence-corrected chi connectivity index (χ3v) is 1.80. The number of ketones is 1. The van der Waals surface area contributed by atoms with E-state index in [4.69, 9.17) is 5.11 Å². The van der Waals surface area contributed by atoms with Gasteiger partial charge in [0.05, 0.1) is 6.10 Å². The monoisotopic (exact) mass is 194 g/mol. The summed E-state index contributed by atoms with van der Waals surface area (Å²) in [6.45, 7) is 0. The fraction of sp³-hybridized carbons (Fsp3) is 0.200. The number of aliphatic hydroxyl groups excluding tert-OH is 1. The van der Waals surface area contributed by atoms with E-state index in [9.17, 15) is 14.7 Å².